The van der Waals surface area contributed by atoms with E-state index in [0.717, 1.165) is 4.31 Å². The number of rotatable bonds is 4. The number of benzene rings is 1. The number of nitrogens with zero attached hydrogens (tertiary/aromatic N) is 1. The van der Waals surface area contributed by atoms with Crippen molar-refractivity contribution < 1.29 is 23.5 Å². The van der Waals surface area contributed by atoms with E-state index in [9.17, 15) is 18.8 Å². The summed E-state index contributed by atoms with van der Waals surface area (Å²) in [5.74, 6) is 0. The molecule has 1 aliphatic rings. The lowest BCUT2D eigenvalue weighted by Gasteiger charge is -2.36. The van der Waals surface area contributed by atoms with Gasteiger partial charge in [0.05, 0.1) is 12.3 Å². The summed E-state index contributed by atoms with van der Waals surface area (Å²) < 4.78 is 29.4. The second-order valence-corrected chi connectivity index (χ2v) is 5.31. The van der Waals surface area contributed by atoms with E-state index in [1.54, 1.807) is 19.1 Å². The predicted octanol–water partition coefficient (Wildman–Crippen LogP) is -1.78. The maximum Gasteiger partial charge on any atom is 0.488 e. The number of hydrogen-bond acceptors (Lipinski definition) is 6. The van der Waals surface area contributed by atoms with Gasteiger partial charge < -0.3 is 24.7 Å². The maximum absolute atomic E-state index is 11.5. The van der Waals surface area contributed by atoms with Crippen LogP contribution in [-0.2, 0) is 16.0 Å². The molecule has 2 atom stereocenters. The standard InChI is InChI=1S/C11H17BN2O5S/c1-8-2-3-9(6-10(8)12(15)16)14(20(17)18)11-7-13-4-5-19-11/h2-3,6,11,13,15-16H,4-5,7H2,1H3,(H,17,18)/p-1. The smallest absolute Gasteiger partial charge is 0.488 e. The molecule has 0 spiro atoms. The molecule has 0 aliphatic carbocycles. The van der Waals surface area contributed by atoms with E-state index in [-0.39, 0.29) is 5.46 Å². The first-order valence-corrected chi connectivity index (χ1v) is 7.21. The molecule has 1 fully saturated rings. The third kappa shape index (κ3) is 3.37. The minimum Gasteiger partial charge on any atom is -0.755 e. The van der Waals surface area contributed by atoms with Gasteiger partial charge in [-0.15, -0.1) is 0 Å². The second kappa shape index (κ2) is 6.66. The van der Waals surface area contributed by atoms with Crippen LogP contribution in [0.15, 0.2) is 18.2 Å². The number of hydrogen-bond donors (Lipinski definition) is 3. The van der Waals surface area contributed by atoms with Crippen molar-refractivity contribution >= 4 is 29.5 Å². The Bertz CT molecular complexity index is 496. The number of ether oxygens (including phenoxy) is 1. The van der Waals surface area contributed by atoms with Gasteiger partial charge in [-0.25, -0.2) is 0 Å². The summed E-state index contributed by atoms with van der Waals surface area (Å²) in [6.45, 7) is 3.18. The summed E-state index contributed by atoms with van der Waals surface area (Å²) in [7, 11) is -1.65. The van der Waals surface area contributed by atoms with Gasteiger partial charge in [-0.2, -0.15) is 0 Å². The molecule has 7 nitrogen and oxygen atoms in total. The van der Waals surface area contributed by atoms with Crippen molar-refractivity contribution in [3.8, 4) is 0 Å². The topological polar surface area (TPSA) is 105 Å². The summed E-state index contributed by atoms with van der Waals surface area (Å²) in [4.78, 5) is 0. The van der Waals surface area contributed by atoms with Crippen LogP contribution in [0.2, 0.25) is 0 Å². The molecule has 1 saturated heterocycles. The van der Waals surface area contributed by atoms with Gasteiger partial charge in [0, 0.05) is 24.4 Å². The quantitative estimate of drug-likeness (QED) is 0.448. The first-order chi connectivity index (χ1) is 9.50. The average Bonchev–Trinajstić information content (AvgIpc) is 2.41. The van der Waals surface area contributed by atoms with Gasteiger partial charge in [-0.05, 0) is 24.5 Å². The molecule has 9 heteroatoms. The Balaban J connectivity index is 2.34. The molecule has 0 amide bonds. The van der Waals surface area contributed by atoms with Crippen molar-refractivity contribution in [2.24, 2.45) is 0 Å². The van der Waals surface area contributed by atoms with E-state index < -0.39 is 24.6 Å². The molecule has 20 heavy (non-hydrogen) atoms. The normalized spacial score (nSPS) is 20.5. The highest BCUT2D eigenvalue weighted by Crippen LogP contribution is 2.20. The molecule has 0 aromatic heterocycles. The van der Waals surface area contributed by atoms with Crippen molar-refractivity contribution in [1.29, 1.82) is 0 Å². The molecule has 0 radical (unpaired) electrons. The first-order valence-electron chi connectivity index (χ1n) is 6.18. The molecule has 0 saturated carbocycles. The van der Waals surface area contributed by atoms with E-state index in [0.29, 0.717) is 30.9 Å². The lowest BCUT2D eigenvalue weighted by Crippen LogP contribution is -2.50. The molecule has 0 bridgehead atoms. The third-order valence-electron chi connectivity index (χ3n) is 3.13. The lowest BCUT2D eigenvalue weighted by molar-refractivity contribution is 0.0364. The minimum atomic E-state index is -2.52. The van der Waals surface area contributed by atoms with Gasteiger partial charge in [0.25, 0.3) is 0 Å². The average molecular weight is 299 g/mol. The molecule has 1 heterocycles. The Hall–Kier alpha value is -0.965. The van der Waals surface area contributed by atoms with Crippen LogP contribution in [0.4, 0.5) is 5.69 Å². The van der Waals surface area contributed by atoms with Gasteiger partial charge in [-0.3, -0.25) is 8.51 Å². The molecule has 1 aliphatic heterocycles. The highest BCUT2D eigenvalue weighted by molar-refractivity contribution is 7.80. The van der Waals surface area contributed by atoms with Crippen molar-refractivity contribution in [2.75, 3.05) is 24.0 Å². The van der Waals surface area contributed by atoms with Gasteiger partial charge >= 0.3 is 7.12 Å². The third-order valence-corrected chi connectivity index (χ3v) is 3.89. The summed E-state index contributed by atoms with van der Waals surface area (Å²) >= 11 is -2.52. The van der Waals surface area contributed by atoms with Crippen LogP contribution < -0.4 is 15.1 Å². The Morgan fingerprint density at radius 2 is 2.30 bits per heavy atom. The molecule has 3 N–H and O–H groups in total. The molecular formula is C11H16BN2O5S-. The molecular weight excluding hydrogens is 283 g/mol. The van der Waals surface area contributed by atoms with E-state index in [4.69, 9.17) is 4.74 Å². The number of nitrogens with one attached hydrogen (secondary N) is 1. The highest BCUT2D eigenvalue weighted by Gasteiger charge is 2.24. The van der Waals surface area contributed by atoms with Crippen LogP contribution in [0, 0.1) is 6.92 Å². The van der Waals surface area contributed by atoms with Crippen LogP contribution >= 0.6 is 0 Å². The maximum atomic E-state index is 11.5. The fourth-order valence-electron chi connectivity index (χ4n) is 2.09. The highest BCUT2D eigenvalue weighted by atomic mass is 32.2. The zero-order valence-electron chi connectivity index (χ0n) is 11.0. The first kappa shape index (κ1) is 15.4. The SMILES string of the molecule is Cc1ccc(N(C2CNCCO2)S(=O)[O-])cc1B(O)O. The van der Waals surface area contributed by atoms with Crippen LogP contribution in [0.3, 0.4) is 0 Å². The summed E-state index contributed by atoms with van der Waals surface area (Å²) in [6.07, 6.45) is -0.645. The van der Waals surface area contributed by atoms with E-state index in [1.807, 2.05) is 0 Å². The zero-order valence-corrected chi connectivity index (χ0v) is 11.8. The Morgan fingerprint density at radius 3 is 2.85 bits per heavy atom. The van der Waals surface area contributed by atoms with Crippen molar-refractivity contribution in [1.82, 2.24) is 5.32 Å². The monoisotopic (exact) mass is 299 g/mol. The van der Waals surface area contributed by atoms with Gasteiger partial charge in [0.15, 0.2) is 6.23 Å². The summed E-state index contributed by atoms with van der Waals surface area (Å²) in [6, 6.07) is 4.68. The fraction of sp³-hybridized carbons (Fsp3) is 0.455. The zero-order chi connectivity index (χ0) is 14.7. The molecule has 2 rings (SSSR count). The van der Waals surface area contributed by atoms with Crippen LogP contribution in [0.25, 0.3) is 0 Å². The molecule has 2 unspecified atom stereocenters. The predicted molar refractivity (Wildman–Crippen MR) is 75.0 cm³/mol. The molecule has 1 aromatic carbocycles. The van der Waals surface area contributed by atoms with Crippen LogP contribution in [0.1, 0.15) is 5.56 Å². The fourth-order valence-corrected chi connectivity index (χ4v) is 2.71. The van der Waals surface area contributed by atoms with Gasteiger partial charge in [-0.1, -0.05) is 11.6 Å². The largest absolute Gasteiger partial charge is 0.755 e. The van der Waals surface area contributed by atoms with Crippen molar-refractivity contribution in [2.45, 2.75) is 13.2 Å². The van der Waals surface area contributed by atoms with Crippen molar-refractivity contribution in [3.63, 3.8) is 0 Å². The van der Waals surface area contributed by atoms with Gasteiger partial charge in [0.1, 0.15) is 0 Å². The Morgan fingerprint density at radius 1 is 1.55 bits per heavy atom. The number of aryl methyl sites for hydroxylation is 1. The second-order valence-electron chi connectivity index (χ2n) is 4.49. The van der Waals surface area contributed by atoms with Crippen LogP contribution in [0.5, 0.6) is 0 Å². The van der Waals surface area contributed by atoms with E-state index >= 15 is 0 Å². The molecule has 1 aromatic rings. The van der Waals surface area contributed by atoms with Crippen molar-refractivity contribution in [3.05, 3.63) is 23.8 Å². The Labute approximate surface area is 120 Å². The lowest BCUT2D eigenvalue weighted by atomic mass is 9.77. The van der Waals surface area contributed by atoms with E-state index in [2.05, 4.69) is 5.32 Å². The molecule has 110 valence electrons. The van der Waals surface area contributed by atoms with Gasteiger partial charge in [0.2, 0.25) is 0 Å². The number of anilines is 1. The number of morpholine rings is 1. The summed E-state index contributed by atoms with van der Waals surface area (Å²) in [5, 5.41) is 21.6. The summed E-state index contributed by atoms with van der Waals surface area (Å²) in [5.41, 5.74) is 1.27. The van der Waals surface area contributed by atoms with E-state index in [1.165, 1.54) is 6.07 Å². The Kier molecular flexibility index (Phi) is 5.14. The van der Waals surface area contributed by atoms with Crippen LogP contribution in [-0.4, -0.2) is 51.9 Å². The minimum absolute atomic E-state index is 0.265.